The molecule has 17 aromatic carbocycles. The summed E-state index contributed by atoms with van der Waals surface area (Å²) in [6.07, 6.45) is 0. The molecule has 0 fully saturated rings. The molecule has 20 aromatic rings. The van der Waals surface area contributed by atoms with Crippen LogP contribution >= 0.6 is 23.2 Å². The molecule has 2 spiro atoms. The predicted molar refractivity (Wildman–Crippen MR) is 462 cm³/mol. The van der Waals surface area contributed by atoms with Gasteiger partial charge in [-0.3, -0.25) is 0 Å². The summed E-state index contributed by atoms with van der Waals surface area (Å²) in [5, 5.41) is 16.4. The van der Waals surface area contributed by atoms with Crippen molar-refractivity contribution in [2.24, 2.45) is 0 Å². The average molecular weight is 1450 g/mol. The van der Waals surface area contributed by atoms with Crippen molar-refractivity contribution in [2.45, 2.75) is 10.8 Å². The zero-order valence-corrected chi connectivity index (χ0v) is 61.3. The van der Waals surface area contributed by atoms with Gasteiger partial charge in [-0.05, 0) is 192 Å². The molecule has 3 aromatic heterocycles. The zero-order chi connectivity index (χ0) is 73.0. The highest BCUT2D eigenvalue weighted by Crippen LogP contribution is 2.69. The molecule has 518 valence electrons. The Hall–Kier alpha value is -13.7. The van der Waals surface area contributed by atoms with Crippen LogP contribution in [0.25, 0.3) is 149 Å². The first-order valence-corrected chi connectivity index (χ1v) is 38.9. The van der Waals surface area contributed by atoms with Crippen molar-refractivity contribution in [3.05, 3.63) is 425 Å². The Bertz CT molecular complexity index is 7390. The topological polar surface area (TPSA) is 38.9 Å². The molecular weight excluding hydrogens is 1390 g/mol. The second-order valence-electron chi connectivity index (χ2n) is 30.0. The third-order valence-corrected chi connectivity index (χ3v) is 25.4. The van der Waals surface area contributed by atoms with E-state index in [1.54, 1.807) is 0 Å². The van der Waals surface area contributed by atoms with Gasteiger partial charge in [0.1, 0.15) is 0 Å². The van der Waals surface area contributed by atoms with Gasteiger partial charge in [-0.2, -0.15) is 0 Å². The molecule has 7 heteroatoms. The molecule has 24 rings (SSSR count). The van der Waals surface area contributed by atoms with Crippen LogP contribution in [0.1, 0.15) is 44.5 Å². The number of hydrogen-bond acceptors (Lipinski definition) is 2. The van der Waals surface area contributed by atoms with E-state index in [-0.39, 0.29) is 0 Å². The molecule has 0 bridgehead atoms. The number of hydrogen-bond donors (Lipinski definition) is 2. The van der Waals surface area contributed by atoms with E-state index < -0.39 is 10.8 Å². The summed E-state index contributed by atoms with van der Waals surface area (Å²) in [6, 6.07) is 137. The highest BCUT2D eigenvalue weighted by molar-refractivity contribution is 6.34. The number of para-hydroxylation sites is 6. The molecule has 4 aliphatic rings. The fraction of sp³-hybridized carbons (Fsp3) is 0.0192. The van der Waals surface area contributed by atoms with E-state index in [0.29, 0.717) is 10.0 Å². The summed E-state index contributed by atoms with van der Waals surface area (Å²) in [6.45, 7) is 0. The number of nitrogens with one attached hydrogen (secondary N) is 2. The van der Waals surface area contributed by atoms with E-state index >= 15 is 0 Å². The first kappa shape index (κ1) is 62.4. The summed E-state index contributed by atoms with van der Waals surface area (Å²) in [5.74, 6) is 0. The molecule has 0 amide bonds. The summed E-state index contributed by atoms with van der Waals surface area (Å²) in [4.78, 5) is 0. The largest absolute Gasteiger partial charge is 0.354 e. The molecule has 4 aliphatic carbocycles. The zero-order valence-electron chi connectivity index (χ0n) is 59.8. The van der Waals surface area contributed by atoms with Crippen molar-refractivity contribution in [3.63, 3.8) is 0 Å². The molecule has 111 heavy (non-hydrogen) atoms. The number of halogens is 2. The smallest absolute Gasteiger partial charge is 0.0747 e. The summed E-state index contributed by atoms with van der Waals surface area (Å²) in [5.41, 5.74) is 37.0. The number of aromatic nitrogens is 3. The maximum Gasteiger partial charge on any atom is 0.0747 e. The number of rotatable bonds is 9. The predicted octanol–water partition coefficient (Wildman–Crippen LogP) is 27.8. The average Bonchev–Trinajstić information content (AvgIpc) is 1.49. The van der Waals surface area contributed by atoms with Crippen molar-refractivity contribution in [3.8, 4) is 83.8 Å². The van der Waals surface area contributed by atoms with Crippen LogP contribution in [0, 0.1) is 0 Å². The summed E-state index contributed by atoms with van der Waals surface area (Å²) < 4.78 is 7.53. The third kappa shape index (κ3) is 8.40. The maximum absolute atomic E-state index is 7.07. The van der Waals surface area contributed by atoms with Crippen molar-refractivity contribution in [2.75, 3.05) is 10.6 Å². The fourth-order valence-corrected chi connectivity index (χ4v) is 20.9. The van der Waals surface area contributed by atoms with Crippen molar-refractivity contribution >= 4 is 111 Å². The summed E-state index contributed by atoms with van der Waals surface area (Å²) in [7, 11) is 0. The lowest BCUT2D eigenvalue weighted by atomic mass is 9.70. The van der Waals surface area contributed by atoms with Gasteiger partial charge < -0.3 is 24.3 Å². The van der Waals surface area contributed by atoms with E-state index in [9.17, 15) is 0 Å². The quantitative estimate of drug-likeness (QED) is 0.151. The molecule has 0 saturated heterocycles. The van der Waals surface area contributed by atoms with Gasteiger partial charge in [0.05, 0.1) is 65.4 Å². The minimum absolute atomic E-state index is 0.658. The van der Waals surface area contributed by atoms with Gasteiger partial charge in [0.15, 0.2) is 0 Å². The van der Waals surface area contributed by atoms with Gasteiger partial charge in [-0.1, -0.05) is 290 Å². The van der Waals surface area contributed by atoms with E-state index in [2.05, 4.69) is 358 Å². The van der Waals surface area contributed by atoms with E-state index in [1.165, 1.54) is 149 Å². The van der Waals surface area contributed by atoms with Crippen LogP contribution in [0.5, 0.6) is 0 Å². The first-order chi connectivity index (χ1) is 54.9. The molecule has 5 nitrogen and oxygen atoms in total. The summed E-state index contributed by atoms with van der Waals surface area (Å²) >= 11 is 14.0. The first-order valence-electron chi connectivity index (χ1n) is 38.1. The standard InChI is InChI=1S/C104H63Cl2N5/c105-86-39-11-13-41-88(86)107-90-43-21-37-84-97(90)77-30-2-9-34-81(77)103(84)80-33-8-1-25-69(80)74-57-58-75-72-28-6-17-47-94(72)110(101(75)99(74)103)66-51-49-62(50-52-66)63-23-19-24-64(61-63)68-32-20-36-83-96(68)79-60-59-76-73-29-7-18-48-95(73)111(67-55-53-65(54-56-67)109-92-45-15-4-26-70(92)71-27-5-16-46-93(71)109)102(76)100(79)104(83)82-35-10-3-31-78(82)98-85(104)38-22-44-91(98)108-89-42-14-12-40-87(89)106/h1-61,107-108H. The molecule has 2 unspecified atom stereocenters. The molecule has 0 saturated carbocycles. The number of benzene rings is 17. The van der Waals surface area contributed by atoms with Gasteiger partial charge in [0.2, 0.25) is 0 Å². The normalized spacial score (nSPS) is 15.2. The van der Waals surface area contributed by atoms with Crippen LogP contribution in [-0.2, 0) is 10.8 Å². The lowest BCUT2D eigenvalue weighted by molar-refractivity contribution is 0.797. The Kier molecular flexibility index (Phi) is 13.2. The Morgan fingerprint density at radius 2 is 0.568 bits per heavy atom. The number of fused-ring (bicyclic) bond motifs is 31. The lowest BCUT2D eigenvalue weighted by Crippen LogP contribution is -2.26. The van der Waals surface area contributed by atoms with Crippen molar-refractivity contribution < 1.29 is 0 Å². The van der Waals surface area contributed by atoms with Crippen LogP contribution in [0.15, 0.2) is 370 Å². The lowest BCUT2D eigenvalue weighted by Gasteiger charge is -2.32. The van der Waals surface area contributed by atoms with Gasteiger partial charge in [0.25, 0.3) is 0 Å². The van der Waals surface area contributed by atoms with E-state index in [4.69, 9.17) is 23.2 Å². The van der Waals surface area contributed by atoms with E-state index in [1.807, 2.05) is 36.4 Å². The molecule has 0 radical (unpaired) electrons. The highest BCUT2D eigenvalue weighted by atomic mass is 35.5. The van der Waals surface area contributed by atoms with Gasteiger partial charge in [-0.15, -0.1) is 0 Å². The van der Waals surface area contributed by atoms with Gasteiger partial charge >= 0.3 is 0 Å². The van der Waals surface area contributed by atoms with Crippen LogP contribution in [0.4, 0.5) is 22.7 Å². The Labute approximate surface area is 650 Å². The molecular formula is C104H63Cl2N5. The monoisotopic (exact) mass is 1450 g/mol. The second-order valence-corrected chi connectivity index (χ2v) is 30.8. The van der Waals surface area contributed by atoms with Crippen LogP contribution < -0.4 is 10.6 Å². The molecule has 2 N–H and O–H groups in total. The maximum atomic E-state index is 7.07. The minimum atomic E-state index is -0.788. The van der Waals surface area contributed by atoms with Gasteiger partial charge in [0, 0.05) is 83.0 Å². The van der Waals surface area contributed by atoms with E-state index in [0.717, 1.165) is 67.5 Å². The van der Waals surface area contributed by atoms with Gasteiger partial charge in [-0.25, -0.2) is 0 Å². The number of anilines is 4. The molecule has 2 atom stereocenters. The SMILES string of the molecule is Clc1ccccc1Nc1cccc2c1-c1ccccc1C21c2ccccc2-c2ccc3c4ccccc4n(-c4ccc(-c5cccc(-c6cccc7c6-c6ccc8c9ccccc9n(-c9ccc(-n%10c%11ccccc%11c%11ccccc%11%10)cc9)c8c6C76c7ccccc7-c7c(Nc8ccccc8Cl)cccc76)c5)cc4)c3c21. The fourth-order valence-electron chi connectivity index (χ4n) is 20.6. The van der Waals surface area contributed by atoms with Crippen LogP contribution in [-0.4, -0.2) is 13.7 Å². The van der Waals surface area contributed by atoms with Crippen molar-refractivity contribution in [1.82, 2.24) is 13.7 Å². The second kappa shape index (κ2) is 23.4. The van der Waals surface area contributed by atoms with Crippen LogP contribution in [0.2, 0.25) is 10.0 Å². The highest BCUT2D eigenvalue weighted by Gasteiger charge is 2.56. The van der Waals surface area contributed by atoms with Crippen LogP contribution in [0.3, 0.4) is 0 Å². The molecule has 0 aliphatic heterocycles. The number of nitrogens with zero attached hydrogens (tertiary/aromatic N) is 3. The van der Waals surface area contributed by atoms with Crippen molar-refractivity contribution in [1.29, 1.82) is 0 Å². The Morgan fingerprint density at radius 3 is 1.10 bits per heavy atom. The Morgan fingerprint density at radius 1 is 0.216 bits per heavy atom. The Balaban J connectivity index is 0.692. The minimum Gasteiger partial charge on any atom is -0.354 e. The molecule has 3 heterocycles. The third-order valence-electron chi connectivity index (χ3n) is 24.8.